The fourth-order valence-corrected chi connectivity index (χ4v) is 4.90. The van der Waals surface area contributed by atoms with E-state index >= 15 is 4.39 Å². The first-order valence-corrected chi connectivity index (χ1v) is 12.3. The van der Waals surface area contributed by atoms with Crippen LogP contribution in [-0.4, -0.2) is 57.6 Å². The van der Waals surface area contributed by atoms with Gasteiger partial charge in [-0.25, -0.2) is 9.18 Å². The molecule has 1 aromatic heterocycles. The van der Waals surface area contributed by atoms with Crippen molar-refractivity contribution in [3.05, 3.63) is 71.9 Å². The van der Waals surface area contributed by atoms with Crippen molar-refractivity contribution in [1.29, 1.82) is 0 Å². The Morgan fingerprint density at radius 2 is 1.86 bits per heavy atom. The smallest absolute Gasteiger partial charge is 0.410 e. The van der Waals surface area contributed by atoms with E-state index in [2.05, 4.69) is 23.3 Å². The van der Waals surface area contributed by atoms with Gasteiger partial charge in [-0.1, -0.05) is 36.4 Å². The predicted molar refractivity (Wildman–Crippen MR) is 136 cm³/mol. The number of anilines is 1. The topological polar surface area (TPSA) is 67.7 Å². The highest BCUT2D eigenvalue weighted by molar-refractivity contribution is 6.02. The number of carbonyl (C=O) groups is 2. The number of nitrogens with zero attached hydrogens (tertiary/aromatic N) is 4. The zero-order chi connectivity index (χ0) is 25.5. The number of fused-ring (bicyclic) bond motifs is 1. The van der Waals surface area contributed by atoms with Crippen LogP contribution in [0.15, 0.2) is 60.8 Å². The lowest BCUT2D eigenvalue weighted by atomic mass is 10.0. The van der Waals surface area contributed by atoms with Crippen LogP contribution in [0.4, 0.5) is 14.9 Å². The first-order chi connectivity index (χ1) is 17.1. The summed E-state index contributed by atoms with van der Waals surface area (Å²) in [6.45, 7) is 6.23. The summed E-state index contributed by atoms with van der Waals surface area (Å²) >= 11 is 0. The zero-order valence-corrected chi connectivity index (χ0v) is 20.9. The molecule has 3 aromatic rings. The van der Waals surface area contributed by atoms with E-state index in [9.17, 15) is 9.59 Å². The van der Waals surface area contributed by atoms with Gasteiger partial charge in [0.2, 0.25) is 5.67 Å². The zero-order valence-electron chi connectivity index (χ0n) is 20.9. The minimum atomic E-state index is -2.12. The number of ether oxygens (including phenoxy) is 1. The Bertz CT molecular complexity index is 1280. The van der Waals surface area contributed by atoms with Crippen molar-refractivity contribution in [2.75, 3.05) is 24.5 Å². The van der Waals surface area contributed by atoms with Crippen molar-refractivity contribution >= 4 is 17.7 Å². The normalized spacial score (nSPS) is 19.4. The maximum absolute atomic E-state index is 15.8. The quantitative estimate of drug-likeness (QED) is 0.525. The number of rotatable bonds is 4. The van der Waals surface area contributed by atoms with Crippen LogP contribution >= 0.6 is 0 Å². The molecule has 36 heavy (non-hydrogen) atoms. The van der Waals surface area contributed by atoms with E-state index < -0.39 is 23.3 Å². The average Bonchev–Trinajstić information content (AvgIpc) is 3.56. The first kappa shape index (κ1) is 24.0. The second-order valence-electron chi connectivity index (χ2n) is 10.5. The van der Waals surface area contributed by atoms with E-state index in [0.717, 1.165) is 28.1 Å². The molecule has 188 valence electrons. The Morgan fingerprint density at radius 3 is 2.61 bits per heavy atom. The Kier molecular flexibility index (Phi) is 6.06. The molecule has 8 heteroatoms. The van der Waals surface area contributed by atoms with E-state index in [-0.39, 0.29) is 19.5 Å². The van der Waals surface area contributed by atoms with E-state index in [1.807, 2.05) is 41.1 Å². The van der Waals surface area contributed by atoms with Crippen molar-refractivity contribution < 1.29 is 18.7 Å². The molecular weight excluding hydrogens is 459 g/mol. The molecule has 3 heterocycles. The van der Waals surface area contributed by atoms with Crippen LogP contribution < -0.4 is 4.90 Å². The van der Waals surface area contributed by atoms with Crippen LogP contribution in [-0.2, 0) is 22.5 Å². The molecule has 7 nitrogen and oxygen atoms in total. The number of alkyl halides is 1. The number of halogens is 1. The largest absolute Gasteiger partial charge is 0.444 e. The van der Waals surface area contributed by atoms with Gasteiger partial charge in [-0.3, -0.25) is 9.48 Å². The van der Waals surface area contributed by atoms with E-state index in [4.69, 9.17) is 4.74 Å². The minimum Gasteiger partial charge on any atom is -0.444 e. The fraction of sp³-hybridized carbons (Fsp3) is 0.393. The summed E-state index contributed by atoms with van der Waals surface area (Å²) in [5.41, 5.74) is 2.08. The molecule has 5 rings (SSSR count). The van der Waals surface area contributed by atoms with Crippen molar-refractivity contribution in [2.24, 2.45) is 0 Å². The highest BCUT2D eigenvalue weighted by Gasteiger charge is 2.50. The number of amides is 2. The Balaban J connectivity index is 1.32. The van der Waals surface area contributed by atoms with Crippen molar-refractivity contribution in [2.45, 2.75) is 51.4 Å². The van der Waals surface area contributed by atoms with Crippen molar-refractivity contribution in [3.63, 3.8) is 0 Å². The van der Waals surface area contributed by atoms with Crippen LogP contribution in [0.1, 0.15) is 38.3 Å². The third-order valence-electron chi connectivity index (χ3n) is 6.66. The van der Waals surface area contributed by atoms with Gasteiger partial charge in [0.15, 0.2) is 0 Å². The standard InChI is InChI=1S/C28H31FN4O3/c1-27(2,3)36-26(35)31-16-13-28(29,19-31)25(34)32-15-12-22-17-21(9-10-23(22)32)24-11-14-30-33(24)18-20-7-5-4-6-8-20/h4-11,14,17H,12-13,15-16,18-19H2,1-3H3. The van der Waals surface area contributed by atoms with Crippen LogP contribution in [0.3, 0.4) is 0 Å². The molecule has 0 radical (unpaired) electrons. The Labute approximate surface area is 210 Å². The lowest BCUT2D eigenvalue weighted by Gasteiger charge is -2.27. The number of carbonyl (C=O) groups excluding carboxylic acids is 2. The molecule has 0 bridgehead atoms. The van der Waals surface area contributed by atoms with Gasteiger partial charge in [-0.2, -0.15) is 5.10 Å². The highest BCUT2D eigenvalue weighted by atomic mass is 19.1. The minimum absolute atomic E-state index is 0.0341. The molecule has 0 spiro atoms. The number of likely N-dealkylation sites (tertiary alicyclic amines) is 1. The molecule has 2 aliphatic rings. The van der Waals surface area contributed by atoms with Crippen LogP contribution in [0.25, 0.3) is 11.3 Å². The van der Waals surface area contributed by atoms with Gasteiger partial charge in [-0.05, 0) is 56.5 Å². The lowest BCUT2D eigenvalue weighted by Crippen LogP contribution is -2.48. The molecule has 2 aromatic carbocycles. The summed E-state index contributed by atoms with van der Waals surface area (Å²) < 4.78 is 23.1. The van der Waals surface area contributed by atoms with Crippen molar-refractivity contribution in [1.82, 2.24) is 14.7 Å². The molecule has 0 aliphatic carbocycles. The Morgan fingerprint density at radius 1 is 1.08 bits per heavy atom. The van der Waals surface area contributed by atoms with Crippen LogP contribution in [0.5, 0.6) is 0 Å². The monoisotopic (exact) mass is 490 g/mol. The van der Waals surface area contributed by atoms with Crippen molar-refractivity contribution in [3.8, 4) is 11.3 Å². The Hall–Kier alpha value is -3.68. The fourth-order valence-electron chi connectivity index (χ4n) is 4.90. The summed E-state index contributed by atoms with van der Waals surface area (Å²) in [7, 11) is 0. The van der Waals surface area contributed by atoms with Gasteiger partial charge < -0.3 is 14.5 Å². The van der Waals surface area contributed by atoms with Crippen LogP contribution in [0, 0.1) is 0 Å². The molecule has 2 aliphatic heterocycles. The maximum atomic E-state index is 15.8. The number of hydrogen-bond donors (Lipinski definition) is 0. The van der Waals surface area contributed by atoms with E-state index in [1.165, 1.54) is 9.80 Å². The highest BCUT2D eigenvalue weighted by Crippen LogP contribution is 2.37. The third kappa shape index (κ3) is 4.72. The SMILES string of the molecule is CC(C)(C)OC(=O)N1CCC(F)(C(=O)N2CCc3cc(-c4ccnn4Cc4ccccc4)ccc32)C1. The van der Waals surface area contributed by atoms with E-state index in [0.29, 0.717) is 19.5 Å². The average molecular weight is 491 g/mol. The molecule has 0 N–H and O–H groups in total. The molecule has 0 saturated carbocycles. The van der Waals surface area contributed by atoms with E-state index in [1.54, 1.807) is 27.0 Å². The van der Waals surface area contributed by atoms with Gasteiger partial charge in [0, 0.05) is 37.0 Å². The van der Waals surface area contributed by atoms with Gasteiger partial charge >= 0.3 is 6.09 Å². The predicted octanol–water partition coefficient (Wildman–Crippen LogP) is 4.84. The summed E-state index contributed by atoms with van der Waals surface area (Å²) in [6, 6.07) is 18.0. The second kappa shape index (κ2) is 9.08. The summed E-state index contributed by atoms with van der Waals surface area (Å²) in [6.07, 6.45) is 1.81. The molecule has 1 unspecified atom stereocenters. The molecular formula is C28H31FN4O3. The second-order valence-corrected chi connectivity index (χ2v) is 10.5. The van der Waals surface area contributed by atoms with Gasteiger partial charge in [0.05, 0.1) is 18.8 Å². The number of benzene rings is 2. The van der Waals surface area contributed by atoms with Gasteiger partial charge in [0.1, 0.15) is 5.60 Å². The summed E-state index contributed by atoms with van der Waals surface area (Å²) in [5.74, 6) is -0.589. The van der Waals surface area contributed by atoms with Gasteiger partial charge in [0.25, 0.3) is 5.91 Å². The number of hydrogen-bond acceptors (Lipinski definition) is 4. The summed E-state index contributed by atoms with van der Waals surface area (Å²) in [5, 5.41) is 4.49. The maximum Gasteiger partial charge on any atom is 0.410 e. The first-order valence-electron chi connectivity index (χ1n) is 12.3. The third-order valence-corrected chi connectivity index (χ3v) is 6.66. The summed E-state index contributed by atoms with van der Waals surface area (Å²) in [4.78, 5) is 28.5. The molecule has 1 saturated heterocycles. The number of aromatic nitrogens is 2. The molecule has 1 atom stereocenters. The molecule has 1 fully saturated rings. The van der Waals surface area contributed by atoms with Crippen LogP contribution in [0.2, 0.25) is 0 Å². The van der Waals surface area contributed by atoms with Gasteiger partial charge in [-0.15, -0.1) is 0 Å². The molecule has 2 amide bonds. The lowest BCUT2D eigenvalue weighted by molar-refractivity contribution is -0.129.